The quantitative estimate of drug-likeness (QED) is 0.915. The van der Waals surface area contributed by atoms with Crippen LogP contribution in [0.25, 0.3) is 0 Å². The molecule has 0 bridgehead atoms. The predicted molar refractivity (Wildman–Crippen MR) is 82.2 cm³/mol. The summed E-state index contributed by atoms with van der Waals surface area (Å²) in [6.45, 7) is 4.78. The van der Waals surface area contributed by atoms with Crippen molar-refractivity contribution in [3.8, 4) is 5.75 Å². The van der Waals surface area contributed by atoms with Gasteiger partial charge in [0.2, 0.25) is 0 Å². The van der Waals surface area contributed by atoms with E-state index in [4.69, 9.17) is 4.74 Å². The molecule has 0 aliphatic carbocycles. The van der Waals surface area contributed by atoms with E-state index in [2.05, 4.69) is 47.8 Å². The van der Waals surface area contributed by atoms with Crippen molar-refractivity contribution in [1.82, 2.24) is 5.32 Å². The van der Waals surface area contributed by atoms with Gasteiger partial charge in [0.25, 0.3) is 0 Å². The van der Waals surface area contributed by atoms with Crippen LogP contribution in [-0.4, -0.2) is 13.2 Å². The highest BCUT2D eigenvalue weighted by Crippen LogP contribution is 2.28. The Morgan fingerprint density at radius 2 is 2.05 bits per heavy atom. The molecular formula is C18H21NO. The van der Waals surface area contributed by atoms with E-state index in [9.17, 15) is 0 Å². The molecule has 2 aromatic rings. The van der Waals surface area contributed by atoms with Crippen LogP contribution >= 0.6 is 0 Å². The van der Waals surface area contributed by atoms with Crippen molar-refractivity contribution in [2.75, 3.05) is 13.2 Å². The lowest BCUT2D eigenvalue weighted by atomic mass is 9.86. The second kappa shape index (κ2) is 6.10. The van der Waals surface area contributed by atoms with Gasteiger partial charge in [-0.25, -0.2) is 0 Å². The zero-order chi connectivity index (χ0) is 13.8. The van der Waals surface area contributed by atoms with Gasteiger partial charge in [-0.3, -0.25) is 0 Å². The van der Waals surface area contributed by atoms with Crippen molar-refractivity contribution >= 4 is 0 Å². The molecule has 2 aromatic carbocycles. The largest absolute Gasteiger partial charge is 0.494 e. The molecule has 0 aromatic heterocycles. The summed E-state index contributed by atoms with van der Waals surface area (Å²) >= 11 is 0. The first-order chi connectivity index (χ1) is 9.86. The summed E-state index contributed by atoms with van der Waals surface area (Å²) in [6.07, 6.45) is 1.06. The van der Waals surface area contributed by atoms with Crippen molar-refractivity contribution in [1.29, 1.82) is 0 Å². The van der Waals surface area contributed by atoms with Crippen LogP contribution in [0.5, 0.6) is 5.75 Å². The standard InChI is InChI=1S/C18H21NO/c1-2-20-17-8-5-6-14(11-17)10-16-13-19-12-15-7-3-4-9-18(15)16/h3-9,11,16,19H,2,10,12-13H2,1H3. The minimum absolute atomic E-state index is 0.553. The van der Waals surface area contributed by atoms with E-state index in [1.54, 1.807) is 0 Å². The fourth-order valence-corrected chi connectivity index (χ4v) is 2.98. The number of hydrogen-bond acceptors (Lipinski definition) is 2. The minimum Gasteiger partial charge on any atom is -0.494 e. The number of rotatable bonds is 4. The van der Waals surface area contributed by atoms with Gasteiger partial charge < -0.3 is 10.1 Å². The number of ether oxygens (including phenoxy) is 1. The van der Waals surface area contributed by atoms with Crippen LogP contribution in [0.1, 0.15) is 29.5 Å². The monoisotopic (exact) mass is 267 g/mol. The Hall–Kier alpha value is -1.80. The van der Waals surface area contributed by atoms with E-state index in [0.717, 1.165) is 31.9 Å². The third-order valence-electron chi connectivity index (χ3n) is 3.89. The highest BCUT2D eigenvalue weighted by Gasteiger charge is 2.19. The summed E-state index contributed by atoms with van der Waals surface area (Å²) in [5.74, 6) is 1.53. The number of benzene rings is 2. The van der Waals surface area contributed by atoms with Crippen LogP contribution in [-0.2, 0) is 13.0 Å². The predicted octanol–water partition coefficient (Wildman–Crippen LogP) is 3.51. The van der Waals surface area contributed by atoms with Crippen LogP contribution < -0.4 is 10.1 Å². The Morgan fingerprint density at radius 1 is 1.15 bits per heavy atom. The molecule has 0 fully saturated rings. The zero-order valence-electron chi connectivity index (χ0n) is 11.9. The summed E-state index contributed by atoms with van der Waals surface area (Å²) in [7, 11) is 0. The lowest BCUT2D eigenvalue weighted by Crippen LogP contribution is -2.29. The van der Waals surface area contributed by atoms with E-state index >= 15 is 0 Å². The van der Waals surface area contributed by atoms with E-state index < -0.39 is 0 Å². The molecule has 1 atom stereocenters. The molecule has 1 aliphatic rings. The van der Waals surface area contributed by atoms with Gasteiger partial charge in [0.05, 0.1) is 6.61 Å². The molecule has 0 amide bonds. The molecule has 0 saturated carbocycles. The summed E-state index contributed by atoms with van der Waals surface area (Å²) < 4.78 is 5.59. The zero-order valence-corrected chi connectivity index (χ0v) is 11.9. The van der Waals surface area contributed by atoms with Crippen molar-refractivity contribution in [2.24, 2.45) is 0 Å². The first-order valence-electron chi connectivity index (χ1n) is 7.37. The molecule has 1 N–H and O–H groups in total. The molecule has 2 heteroatoms. The highest BCUT2D eigenvalue weighted by molar-refractivity contribution is 5.36. The molecule has 20 heavy (non-hydrogen) atoms. The average molecular weight is 267 g/mol. The van der Waals surface area contributed by atoms with Crippen LogP contribution in [0.4, 0.5) is 0 Å². The van der Waals surface area contributed by atoms with Gasteiger partial charge in [0.1, 0.15) is 5.75 Å². The Balaban J connectivity index is 1.80. The summed E-state index contributed by atoms with van der Waals surface area (Å²) in [5.41, 5.74) is 4.28. The van der Waals surface area contributed by atoms with Gasteiger partial charge in [0, 0.05) is 19.0 Å². The smallest absolute Gasteiger partial charge is 0.119 e. The topological polar surface area (TPSA) is 21.3 Å². The maximum atomic E-state index is 5.59. The fraction of sp³-hybridized carbons (Fsp3) is 0.333. The summed E-state index contributed by atoms with van der Waals surface area (Å²) in [4.78, 5) is 0. The van der Waals surface area contributed by atoms with Crippen LogP contribution in [0.2, 0.25) is 0 Å². The van der Waals surface area contributed by atoms with E-state index in [1.165, 1.54) is 16.7 Å². The number of hydrogen-bond donors (Lipinski definition) is 1. The third-order valence-corrected chi connectivity index (χ3v) is 3.89. The molecule has 0 saturated heterocycles. The summed E-state index contributed by atoms with van der Waals surface area (Å²) in [5, 5.41) is 3.52. The lowest BCUT2D eigenvalue weighted by Gasteiger charge is -2.26. The first-order valence-corrected chi connectivity index (χ1v) is 7.37. The second-order valence-electron chi connectivity index (χ2n) is 5.31. The van der Waals surface area contributed by atoms with Crippen LogP contribution in [0.3, 0.4) is 0 Å². The molecule has 104 valence electrons. The maximum Gasteiger partial charge on any atom is 0.119 e. The molecule has 1 aliphatic heterocycles. The molecule has 1 heterocycles. The Morgan fingerprint density at radius 3 is 2.95 bits per heavy atom. The average Bonchev–Trinajstić information content (AvgIpc) is 2.48. The van der Waals surface area contributed by atoms with Gasteiger partial charge in [-0.05, 0) is 42.2 Å². The maximum absolute atomic E-state index is 5.59. The molecule has 0 spiro atoms. The summed E-state index contributed by atoms with van der Waals surface area (Å²) in [6, 6.07) is 17.2. The third kappa shape index (κ3) is 2.86. The normalized spacial score (nSPS) is 17.6. The number of nitrogens with one attached hydrogen (secondary N) is 1. The first kappa shape index (κ1) is 13.2. The highest BCUT2D eigenvalue weighted by atomic mass is 16.5. The lowest BCUT2D eigenvalue weighted by molar-refractivity contribution is 0.340. The Bertz CT molecular complexity index is 579. The van der Waals surface area contributed by atoms with Gasteiger partial charge in [-0.2, -0.15) is 0 Å². The van der Waals surface area contributed by atoms with Gasteiger partial charge in [-0.15, -0.1) is 0 Å². The number of fused-ring (bicyclic) bond motifs is 1. The molecule has 1 unspecified atom stereocenters. The molecule has 2 nitrogen and oxygen atoms in total. The van der Waals surface area contributed by atoms with Gasteiger partial charge in [-0.1, -0.05) is 36.4 Å². The molecule has 3 rings (SSSR count). The van der Waals surface area contributed by atoms with Gasteiger partial charge >= 0.3 is 0 Å². The van der Waals surface area contributed by atoms with Crippen molar-refractivity contribution in [3.63, 3.8) is 0 Å². The van der Waals surface area contributed by atoms with Crippen LogP contribution in [0.15, 0.2) is 48.5 Å². The van der Waals surface area contributed by atoms with E-state index in [0.29, 0.717) is 5.92 Å². The Labute approximate surface area is 120 Å². The van der Waals surface area contributed by atoms with E-state index in [1.807, 2.05) is 13.0 Å². The van der Waals surface area contributed by atoms with Crippen molar-refractivity contribution in [3.05, 3.63) is 65.2 Å². The molecular weight excluding hydrogens is 246 g/mol. The second-order valence-corrected chi connectivity index (χ2v) is 5.31. The van der Waals surface area contributed by atoms with Crippen molar-refractivity contribution < 1.29 is 4.74 Å². The van der Waals surface area contributed by atoms with Crippen molar-refractivity contribution in [2.45, 2.75) is 25.8 Å². The molecule has 0 radical (unpaired) electrons. The SMILES string of the molecule is CCOc1cccc(CC2CNCc3ccccc32)c1. The van der Waals surface area contributed by atoms with E-state index in [-0.39, 0.29) is 0 Å². The Kier molecular flexibility index (Phi) is 4.03. The minimum atomic E-state index is 0.553. The fourth-order valence-electron chi connectivity index (χ4n) is 2.98. The van der Waals surface area contributed by atoms with Gasteiger partial charge in [0.15, 0.2) is 0 Å². The van der Waals surface area contributed by atoms with Crippen LogP contribution in [0, 0.1) is 0 Å².